The van der Waals surface area contributed by atoms with E-state index in [1.165, 1.54) is 12.0 Å². The van der Waals surface area contributed by atoms with Crippen molar-refractivity contribution in [3.8, 4) is 5.75 Å². The van der Waals surface area contributed by atoms with E-state index in [2.05, 4.69) is 0 Å². The van der Waals surface area contributed by atoms with Gasteiger partial charge in [0.25, 0.3) is 5.91 Å². The van der Waals surface area contributed by atoms with Crippen LogP contribution in [0.25, 0.3) is 0 Å². The van der Waals surface area contributed by atoms with Crippen molar-refractivity contribution in [2.75, 3.05) is 12.0 Å². The molecule has 0 saturated heterocycles. The van der Waals surface area contributed by atoms with E-state index in [9.17, 15) is 9.59 Å². The molecule has 0 bridgehead atoms. The summed E-state index contributed by atoms with van der Waals surface area (Å²) in [4.78, 5) is 27.2. The molecule has 0 radical (unpaired) electrons. The number of anilines is 1. The monoisotopic (exact) mass is 339 g/mol. The van der Waals surface area contributed by atoms with Gasteiger partial charge in [0, 0.05) is 0 Å². The van der Waals surface area contributed by atoms with Gasteiger partial charge in [0.2, 0.25) is 0 Å². The minimum Gasteiger partial charge on any atom is -0.476 e. The molecule has 1 atom stereocenters. The van der Waals surface area contributed by atoms with Crippen LogP contribution in [0.4, 0.5) is 5.69 Å². The van der Waals surface area contributed by atoms with Crippen LogP contribution >= 0.6 is 0 Å². The number of hydrogen-bond donors (Lipinski definition) is 0. The number of carbonyl (C=O) groups excluding carboxylic acids is 2. The lowest BCUT2D eigenvalue weighted by Crippen LogP contribution is -2.55. The molecule has 1 aliphatic rings. The molecule has 1 amide bonds. The number of amides is 1. The molecule has 0 aliphatic carbocycles. The second-order valence-electron chi connectivity index (χ2n) is 6.60. The first-order valence-corrected chi connectivity index (χ1v) is 8.11. The van der Waals surface area contributed by atoms with Crippen molar-refractivity contribution in [1.29, 1.82) is 0 Å². The summed E-state index contributed by atoms with van der Waals surface area (Å²) < 4.78 is 10.9. The Morgan fingerprint density at radius 1 is 1.16 bits per heavy atom. The Balaban J connectivity index is 2.22. The fraction of sp³-hybridized carbons (Fsp3) is 0.300. The molecule has 3 rings (SSSR count). The molecular weight excluding hydrogens is 318 g/mol. The van der Waals surface area contributed by atoms with Crippen LogP contribution in [0, 0.1) is 6.92 Å². The van der Waals surface area contributed by atoms with E-state index in [0.29, 0.717) is 17.0 Å². The highest BCUT2D eigenvalue weighted by Crippen LogP contribution is 2.42. The smallest absolute Gasteiger partial charge is 0.333 e. The van der Waals surface area contributed by atoms with Crippen LogP contribution in [0.3, 0.4) is 0 Å². The molecule has 2 aromatic carbocycles. The predicted octanol–water partition coefficient (Wildman–Crippen LogP) is 3.41. The first kappa shape index (κ1) is 17.0. The summed E-state index contributed by atoms with van der Waals surface area (Å²) in [6.45, 7) is 5.33. The van der Waals surface area contributed by atoms with Gasteiger partial charge in [-0.05, 0) is 44.0 Å². The number of ether oxygens (including phenoxy) is 2. The minimum atomic E-state index is -1.08. The van der Waals surface area contributed by atoms with Gasteiger partial charge in [0.1, 0.15) is 5.75 Å². The van der Waals surface area contributed by atoms with Crippen LogP contribution in [0.15, 0.2) is 48.5 Å². The molecule has 0 saturated carbocycles. The van der Waals surface area contributed by atoms with Gasteiger partial charge in [-0.15, -0.1) is 0 Å². The summed E-state index contributed by atoms with van der Waals surface area (Å²) in [5.41, 5.74) is 1.15. The Hall–Kier alpha value is -2.82. The Kier molecular flexibility index (Phi) is 4.25. The molecule has 0 fully saturated rings. The van der Waals surface area contributed by atoms with Gasteiger partial charge in [-0.1, -0.05) is 36.4 Å². The second-order valence-corrected chi connectivity index (χ2v) is 6.60. The van der Waals surface area contributed by atoms with Gasteiger partial charge in [-0.25, -0.2) is 4.79 Å². The predicted molar refractivity (Wildman–Crippen MR) is 94.6 cm³/mol. The van der Waals surface area contributed by atoms with E-state index in [1.807, 2.05) is 55.5 Å². The summed E-state index contributed by atoms with van der Waals surface area (Å²) >= 11 is 0. The fourth-order valence-electron chi connectivity index (χ4n) is 3.01. The van der Waals surface area contributed by atoms with Crippen molar-refractivity contribution in [3.05, 3.63) is 59.7 Å². The Morgan fingerprint density at radius 2 is 1.84 bits per heavy atom. The molecule has 5 heteroatoms. The number of aryl methyl sites for hydroxylation is 1. The first-order chi connectivity index (χ1) is 11.8. The molecule has 1 heterocycles. The van der Waals surface area contributed by atoms with Gasteiger partial charge >= 0.3 is 5.97 Å². The zero-order chi connectivity index (χ0) is 18.2. The molecule has 0 spiro atoms. The van der Waals surface area contributed by atoms with Crippen LogP contribution in [-0.2, 0) is 14.3 Å². The van der Waals surface area contributed by atoms with Crippen LogP contribution in [-0.4, -0.2) is 24.6 Å². The maximum atomic E-state index is 13.1. The molecule has 1 unspecified atom stereocenters. The zero-order valence-electron chi connectivity index (χ0n) is 14.8. The number of rotatable bonds is 3. The quantitative estimate of drug-likeness (QED) is 0.804. The number of nitrogens with zero attached hydrogens (tertiary/aromatic N) is 1. The second kappa shape index (κ2) is 6.24. The molecule has 2 aromatic rings. The third-order valence-electron chi connectivity index (χ3n) is 4.27. The van der Waals surface area contributed by atoms with Gasteiger partial charge in [-0.2, -0.15) is 0 Å². The number of hydrogen-bond acceptors (Lipinski definition) is 4. The molecule has 0 N–H and O–H groups in total. The number of fused-ring (bicyclic) bond motifs is 1. The minimum absolute atomic E-state index is 0.287. The van der Waals surface area contributed by atoms with Crippen LogP contribution in [0.5, 0.6) is 5.75 Å². The van der Waals surface area contributed by atoms with E-state index in [-0.39, 0.29) is 5.91 Å². The SMILES string of the molecule is COC(=O)C(c1ccccc1)N1C(=O)C(C)(C)Oc2ccc(C)cc21. The van der Waals surface area contributed by atoms with Crippen molar-refractivity contribution < 1.29 is 19.1 Å². The van der Waals surface area contributed by atoms with Gasteiger partial charge in [0.05, 0.1) is 12.8 Å². The van der Waals surface area contributed by atoms with Crippen LogP contribution in [0.1, 0.15) is 31.0 Å². The number of benzene rings is 2. The van der Waals surface area contributed by atoms with Crippen LogP contribution in [0.2, 0.25) is 0 Å². The Labute approximate surface area is 147 Å². The Bertz CT molecular complexity index is 814. The zero-order valence-corrected chi connectivity index (χ0v) is 14.8. The Morgan fingerprint density at radius 3 is 2.48 bits per heavy atom. The van der Waals surface area contributed by atoms with E-state index in [0.717, 1.165) is 5.56 Å². The summed E-state index contributed by atoms with van der Waals surface area (Å²) in [5, 5.41) is 0. The highest BCUT2D eigenvalue weighted by atomic mass is 16.5. The van der Waals surface area contributed by atoms with Crippen molar-refractivity contribution in [3.63, 3.8) is 0 Å². The fourth-order valence-corrected chi connectivity index (χ4v) is 3.01. The lowest BCUT2D eigenvalue weighted by atomic mass is 9.97. The maximum absolute atomic E-state index is 13.1. The maximum Gasteiger partial charge on any atom is 0.333 e. The first-order valence-electron chi connectivity index (χ1n) is 8.11. The average Bonchev–Trinajstić information content (AvgIpc) is 2.59. The third-order valence-corrected chi connectivity index (χ3v) is 4.27. The van der Waals surface area contributed by atoms with Gasteiger partial charge in [-0.3, -0.25) is 9.69 Å². The van der Waals surface area contributed by atoms with Crippen molar-refractivity contribution in [2.45, 2.75) is 32.4 Å². The van der Waals surface area contributed by atoms with Gasteiger partial charge < -0.3 is 9.47 Å². The highest BCUT2D eigenvalue weighted by molar-refractivity contribution is 6.06. The van der Waals surface area contributed by atoms with E-state index in [1.54, 1.807) is 13.8 Å². The summed E-state index contributed by atoms with van der Waals surface area (Å²) in [5.74, 6) is -0.213. The third kappa shape index (κ3) is 2.97. The lowest BCUT2D eigenvalue weighted by Gasteiger charge is -2.41. The standard InChI is InChI=1S/C20H21NO4/c1-13-10-11-16-15(12-13)21(19(23)20(2,3)25-16)17(18(22)24-4)14-8-6-5-7-9-14/h5-12,17H,1-4H3. The molecule has 0 aromatic heterocycles. The van der Waals surface area contributed by atoms with Crippen molar-refractivity contribution in [1.82, 2.24) is 0 Å². The topological polar surface area (TPSA) is 55.8 Å². The highest BCUT2D eigenvalue weighted by Gasteiger charge is 2.46. The summed E-state index contributed by atoms with van der Waals surface area (Å²) in [6, 6.07) is 13.9. The molecule has 25 heavy (non-hydrogen) atoms. The average molecular weight is 339 g/mol. The lowest BCUT2D eigenvalue weighted by molar-refractivity contribution is -0.146. The molecule has 5 nitrogen and oxygen atoms in total. The van der Waals surface area contributed by atoms with Crippen molar-refractivity contribution in [2.24, 2.45) is 0 Å². The number of esters is 1. The largest absolute Gasteiger partial charge is 0.476 e. The molecule has 130 valence electrons. The van der Waals surface area contributed by atoms with Crippen molar-refractivity contribution >= 4 is 17.6 Å². The van der Waals surface area contributed by atoms with Crippen LogP contribution < -0.4 is 9.64 Å². The summed E-state index contributed by atoms with van der Waals surface area (Å²) in [7, 11) is 1.32. The molecule has 1 aliphatic heterocycles. The normalized spacial score (nSPS) is 16.6. The number of carbonyl (C=O) groups is 2. The summed E-state index contributed by atoms with van der Waals surface area (Å²) in [6.07, 6.45) is 0. The van der Waals surface area contributed by atoms with E-state index >= 15 is 0 Å². The number of methoxy groups -OCH3 is 1. The van der Waals surface area contributed by atoms with E-state index < -0.39 is 17.6 Å². The molecular formula is C20H21NO4. The van der Waals surface area contributed by atoms with E-state index in [4.69, 9.17) is 9.47 Å². The van der Waals surface area contributed by atoms with Gasteiger partial charge in [0.15, 0.2) is 11.6 Å².